The maximum Gasteiger partial charge on any atom is 0.217 e. The Kier molecular flexibility index (Phi) is 4.08. The van der Waals surface area contributed by atoms with Gasteiger partial charge in [0, 0.05) is 19.0 Å². The molecule has 2 aromatic carbocycles. The summed E-state index contributed by atoms with van der Waals surface area (Å²) in [5, 5.41) is 2.75. The highest BCUT2D eigenvalue weighted by Gasteiger charge is 2.03. The van der Waals surface area contributed by atoms with Crippen LogP contribution in [-0.2, 0) is 11.3 Å². The molecule has 2 aromatic rings. The summed E-state index contributed by atoms with van der Waals surface area (Å²) in [6.45, 7) is 2.01. The lowest BCUT2D eigenvalue weighted by atomic mass is 9.99. The number of amides is 1. The van der Waals surface area contributed by atoms with E-state index in [1.807, 2.05) is 42.5 Å². The van der Waals surface area contributed by atoms with E-state index in [-0.39, 0.29) is 5.91 Å². The van der Waals surface area contributed by atoms with Crippen molar-refractivity contribution in [1.82, 2.24) is 5.32 Å². The number of benzene rings is 2. The van der Waals surface area contributed by atoms with E-state index in [1.165, 1.54) is 6.92 Å². The van der Waals surface area contributed by atoms with Crippen molar-refractivity contribution in [1.29, 1.82) is 0 Å². The zero-order valence-electron chi connectivity index (χ0n) is 10.7. The van der Waals surface area contributed by atoms with Crippen LogP contribution in [0.3, 0.4) is 0 Å². The predicted octanol–water partition coefficient (Wildman–Crippen LogP) is 2.80. The first-order valence-electron chi connectivity index (χ1n) is 6.08. The van der Waals surface area contributed by atoms with Crippen molar-refractivity contribution >= 4 is 12.2 Å². The molecule has 0 atom stereocenters. The van der Waals surface area contributed by atoms with Crippen LogP contribution in [0.4, 0.5) is 0 Å². The summed E-state index contributed by atoms with van der Waals surface area (Å²) in [6.07, 6.45) is 0.862. The largest absolute Gasteiger partial charge is 0.352 e. The van der Waals surface area contributed by atoms with Crippen LogP contribution in [0.2, 0.25) is 0 Å². The van der Waals surface area contributed by atoms with E-state index in [4.69, 9.17) is 0 Å². The molecule has 2 rings (SSSR count). The van der Waals surface area contributed by atoms with Crippen molar-refractivity contribution in [3.05, 3.63) is 59.7 Å². The van der Waals surface area contributed by atoms with Gasteiger partial charge in [-0.25, -0.2) is 0 Å². The van der Waals surface area contributed by atoms with Crippen LogP contribution in [0.5, 0.6) is 0 Å². The van der Waals surface area contributed by atoms with Gasteiger partial charge in [-0.15, -0.1) is 0 Å². The van der Waals surface area contributed by atoms with Gasteiger partial charge in [-0.2, -0.15) is 0 Å². The Morgan fingerprint density at radius 2 is 1.79 bits per heavy atom. The van der Waals surface area contributed by atoms with Gasteiger partial charge in [0.25, 0.3) is 0 Å². The average Bonchev–Trinajstić information content (AvgIpc) is 2.45. The van der Waals surface area contributed by atoms with Crippen molar-refractivity contribution in [3.63, 3.8) is 0 Å². The van der Waals surface area contributed by atoms with E-state index in [9.17, 15) is 9.59 Å². The number of rotatable bonds is 4. The fourth-order valence-corrected chi connectivity index (χ4v) is 1.89. The van der Waals surface area contributed by atoms with Gasteiger partial charge in [0.05, 0.1) is 0 Å². The number of carbonyl (C=O) groups is 2. The molecule has 1 N–H and O–H groups in total. The van der Waals surface area contributed by atoms with Crippen molar-refractivity contribution in [2.24, 2.45) is 0 Å². The lowest BCUT2D eigenvalue weighted by molar-refractivity contribution is -0.119. The summed E-state index contributed by atoms with van der Waals surface area (Å²) in [6, 6.07) is 15.3. The van der Waals surface area contributed by atoms with E-state index in [0.717, 1.165) is 23.0 Å². The molecule has 3 heteroatoms. The number of nitrogens with one attached hydrogen (secondary N) is 1. The van der Waals surface area contributed by atoms with Crippen LogP contribution in [0.15, 0.2) is 48.5 Å². The molecule has 0 saturated carbocycles. The number of hydrogen-bond acceptors (Lipinski definition) is 2. The van der Waals surface area contributed by atoms with E-state index >= 15 is 0 Å². The molecule has 0 saturated heterocycles. The Bertz CT molecular complexity index is 588. The van der Waals surface area contributed by atoms with Crippen LogP contribution in [0.1, 0.15) is 22.8 Å². The first-order chi connectivity index (χ1) is 9.20. The SMILES string of the molecule is CC(=O)NCc1ccc(-c2ccccc2C=O)cc1. The molecule has 3 nitrogen and oxygen atoms in total. The molecule has 0 unspecified atom stereocenters. The van der Waals surface area contributed by atoms with Crippen LogP contribution >= 0.6 is 0 Å². The molecule has 1 amide bonds. The molecule has 0 aromatic heterocycles. The molecule has 0 aliphatic carbocycles. The summed E-state index contributed by atoms with van der Waals surface area (Å²) in [7, 11) is 0. The molecule has 0 aliphatic heterocycles. The molecule has 96 valence electrons. The Morgan fingerprint density at radius 3 is 2.42 bits per heavy atom. The molecule has 0 spiro atoms. The van der Waals surface area contributed by atoms with Crippen LogP contribution in [0, 0.1) is 0 Å². The van der Waals surface area contributed by atoms with Gasteiger partial charge in [0.1, 0.15) is 0 Å². The van der Waals surface area contributed by atoms with Gasteiger partial charge in [0.15, 0.2) is 6.29 Å². The zero-order chi connectivity index (χ0) is 13.7. The van der Waals surface area contributed by atoms with E-state index in [2.05, 4.69) is 5.32 Å². The fourth-order valence-electron chi connectivity index (χ4n) is 1.89. The van der Waals surface area contributed by atoms with Crippen molar-refractivity contribution in [2.45, 2.75) is 13.5 Å². The van der Waals surface area contributed by atoms with Gasteiger partial charge in [0.2, 0.25) is 5.91 Å². The summed E-state index contributed by atoms with van der Waals surface area (Å²) < 4.78 is 0. The van der Waals surface area contributed by atoms with E-state index < -0.39 is 0 Å². The molecule has 0 bridgehead atoms. The highest BCUT2D eigenvalue weighted by Crippen LogP contribution is 2.22. The monoisotopic (exact) mass is 253 g/mol. The first kappa shape index (κ1) is 13.0. The summed E-state index contributed by atoms with van der Waals surface area (Å²) >= 11 is 0. The average molecular weight is 253 g/mol. The Hall–Kier alpha value is -2.42. The van der Waals surface area contributed by atoms with Crippen LogP contribution in [-0.4, -0.2) is 12.2 Å². The molecule has 19 heavy (non-hydrogen) atoms. The summed E-state index contributed by atoms with van der Waals surface area (Å²) in [5.41, 5.74) is 3.62. The third-order valence-corrected chi connectivity index (χ3v) is 2.89. The molecular weight excluding hydrogens is 238 g/mol. The number of hydrogen-bond donors (Lipinski definition) is 1. The Balaban J connectivity index is 2.22. The van der Waals surface area contributed by atoms with Crippen molar-refractivity contribution in [3.8, 4) is 11.1 Å². The highest BCUT2D eigenvalue weighted by molar-refractivity contribution is 5.87. The minimum atomic E-state index is -0.0459. The Labute approximate surface area is 112 Å². The topological polar surface area (TPSA) is 46.2 Å². The maximum absolute atomic E-state index is 11.0. The lowest BCUT2D eigenvalue weighted by Crippen LogP contribution is -2.18. The smallest absolute Gasteiger partial charge is 0.217 e. The normalized spacial score (nSPS) is 9.95. The predicted molar refractivity (Wildman–Crippen MR) is 74.8 cm³/mol. The lowest BCUT2D eigenvalue weighted by Gasteiger charge is -2.07. The highest BCUT2D eigenvalue weighted by atomic mass is 16.1. The second-order valence-electron chi connectivity index (χ2n) is 4.31. The van der Waals surface area contributed by atoms with Crippen LogP contribution < -0.4 is 5.32 Å². The molecule has 0 heterocycles. The van der Waals surface area contributed by atoms with Gasteiger partial charge < -0.3 is 5.32 Å². The van der Waals surface area contributed by atoms with Gasteiger partial charge in [-0.3, -0.25) is 9.59 Å². The maximum atomic E-state index is 11.0. The second kappa shape index (κ2) is 5.96. The number of carbonyl (C=O) groups excluding carboxylic acids is 2. The molecular formula is C16H15NO2. The van der Waals surface area contributed by atoms with Gasteiger partial charge in [-0.1, -0.05) is 48.5 Å². The minimum Gasteiger partial charge on any atom is -0.352 e. The minimum absolute atomic E-state index is 0.0459. The standard InChI is InChI=1S/C16H15NO2/c1-12(19)17-10-13-6-8-14(9-7-13)16-5-3-2-4-15(16)11-18/h2-9,11H,10H2,1H3,(H,17,19). The molecule has 0 radical (unpaired) electrons. The summed E-state index contributed by atoms with van der Waals surface area (Å²) in [5.74, 6) is -0.0459. The zero-order valence-corrected chi connectivity index (χ0v) is 10.7. The Morgan fingerprint density at radius 1 is 1.11 bits per heavy atom. The van der Waals surface area contributed by atoms with Crippen LogP contribution in [0.25, 0.3) is 11.1 Å². The van der Waals surface area contributed by atoms with Crippen molar-refractivity contribution in [2.75, 3.05) is 0 Å². The summed E-state index contributed by atoms with van der Waals surface area (Å²) in [4.78, 5) is 21.8. The third kappa shape index (κ3) is 3.28. The fraction of sp³-hybridized carbons (Fsp3) is 0.125. The number of aldehydes is 1. The van der Waals surface area contributed by atoms with E-state index in [1.54, 1.807) is 6.07 Å². The van der Waals surface area contributed by atoms with Gasteiger partial charge in [-0.05, 0) is 16.7 Å². The quantitative estimate of drug-likeness (QED) is 0.852. The third-order valence-electron chi connectivity index (χ3n) is 2.89. The van der Waals surface area contributed by atoms with Crippen molar-refractivity contribution < 1.29 is 9.59 Å². The molecule has 0 fully saturated rings. The van der Waals surface area contributed by atoms with Gasteiger partial charge >= 0.3 is 0 Å². The second-order valence-corrected chi connectivity index (χ2v) is 4.31. The van der Waals surface area contributed by atoms with E-state index in [0.29, 0.717) is 12.1 Å². The first-order valence-corrected chi connectivity index (χ1v) is 6.08. The molecule has 0 aliphatic rings.